The number of rotatable bonds is 4. The van der Waals surface area contributed by atoms with Crippen LogP contribution in [0.15, 0.2) is 23.0 Å². The fourth-order valence-corrected chi connectivity index (χ4v) is 5.34. The zero-order valence-corrected chi connectivity index (χ0v) is 17.2. The van der Waals surface area contributed by atoms with E-state index >= 15 is 0 Å². The Kier molecular flexibility index (Phi) is 4.91. The maximum Gasteiger partial charge on any atom is 0.262 e. The fraction of sp³-hybridized carbons (Fsp3) is 0.409. The molecule has 2 aromatic heterocycles. The van der Waals surface area contributed by atoms with Crippen LogP contribution in [0.1, 0.15) is 52.5 Å². The minimum Gasteiger partial charge on any atom is -0.292 e. The predicted molar refractivity (Wildman–Crippen MR) is 110 cm³/mol. The van der Waals surface area contributed by atoms with E-state index < -0.39 is 0 Å². The van der Waals surface area contributed by atoms with Crippen molar-refractivity contribution in [2.24, 2.45) is 5.92 Å². The fourth-order valence-electron chi connectivity index (χ4n) is 3.95. The number of thiophene rings is 1. The highest BCUT2D eigenvalue weighted by Crippen LogP contribution is 2.35. The molecule has 0 saturated carbocycles. The van der Waals surface area contributed by atoms with E-state index in [-0.39, 0.29) is 23.7 Å². The Labute approximate surface area is 167 Å². The highest BCUT2D eigenvalue weighted by molar-refractivity contribution is 7.18. The molecule has 1 aliphatic rings. The first-order valence-electron chi connectivity index (χ1n) is 9.72. The number of hydrogen-bond donors (Lipinski definition) is 0. The highest BCUT2D eigenvalue weighted by Gasteiger charge is 2.25. The first kappa shape index (κ1) is 19.0. The van der Waals surface area contributed by atoms with Gasteiger partial charge in [-0.05, 0) is 61.4 Å². The van der Waals surface area contributed by atoms with Crippen molar-refractivity contribution in [1.29, 1.82) is 0 Å². The Hall–Kier alpha value is -2.34. The molecular formula is C22H23FN2O2S. The van der Waals surface area contributed by atoms with Crippen LogP contribution >= 0.6 is 11.3 Å². The molecule has 6 heteroatoms. The minimum absolute atomic E-state index is 0.0724. The van der Waals surface area contributed by atoms with Crippen LogP contribution in [-0.2, 0) is 25.8 Å². The molecule has 1 unspecified atom stereocenters. The largest absolute Gasteiger partial charge is 0.292 e. The summed E-state index contributed by atoms with van der Waals surface area (Å²) in [6.07, 6.45) is 3.52. The molecule has 2 heterocycles. The predicted octanol–water partition coefficient (Wildman–Crippen LogP) is 4.48. The molecule has 1 aromatic carbocycles. The van der Waals surface area contributed by atoms with E-state index in [4.69, 9.17) is 4.98 Å². The van der Waals surface area contributed by atoms with Gasteiger partial charge < -0.3 is 0 Å². The van der Waals surface area contributed by atoms with Crippen LogP contribution in [0, 0.1) is 18.7 Å². The number of carbonyl (C=O) groups is 1. The van der Waals surface area contributed by atoms with Gasteiger partial charge in [0.2, 0.25) is 0 Å². The lowest BCUT2D eigenvalue weighted by molar-refractivity contribution is 0.0969. The molecule has 1 atom stereocenters. The lowest BCUT2D eigenvalue weighted by Gasteiger charge is -2.17. The van der Waals surface area contributed by atoms with E-state index in [1.165, 1.54) is 27.6 Å². The number of aromatic nitrogens is 2. The van der Waals surface area contributed by atoms with Gasteiger partial charge in [-0.3, -0.25) is 14.2 Å². The van der Waals surface area contributed by atoms with Crippen LogP contribution in [0.5, 0.6) is 0 Å². The zero-order chi connectivity index (χ0) is 20.0. The van der Waals surface area contributed by atoms with Crippen molar-refractivity contribution in [2.45, 2.75) is 53.0 Å². The Morgan fingerprint density at radius 3 is 2.89 bits per heavy atom. The number of benzene rings is 1. The van der Waals surface area contributed by atoms with Crippen molar-refractivity contribution < 1.29 is 9.18 Å². The molecule has 0 amide bonds. The maximum atomic E-state index is 13.5. The summed E-state index contributed by atoms with van der Waals surface area (Å²) in [6.45, 7) is 5.73. The third-order valence-corrected chi connectivity index (χ3v) is 6.74. The van der Waals surface area contributed by atoms with Gasteiger partial charge in [0.1, 0.15) is 16.5 Å². The van der Waals surface area contributed by atoms with Crippen LogP contribution in [-0.4, -0.2) is 15.3 Å². The lowest BCUT2D eigenvalue weighted by atomic mass is 9.89. The average molecular weight is 399 g/mol. The van der Waals surface area contributed by atoms with E-state index in [0.717, 1.165) is 29.7 Å². The van der Waals surface area contributed by atoms with E-state index in [2.05, 4.69) is 6.92 Å². The molecule has 28 heavy (non-hydrogen) atoms. The summed E-state index contributed by atoms with van der Waals surface area (Å²) in [6, 6.07) is 4.30. The molecule has 0 radical (unpaired) electrons. The average Bonchev–Trinajstić information content (AvgIpc) is 3.03. The summed E-state index contributed by atoms with van der Waals surface area (Å²) >= 11 is 1.62. The Morgan fingerprint density at radius 1 is 1.39 bits per heavy atom. The molecule has 4 nitrogen and oxygen atoms in total. The SMILES string of the molecule is CCc1nc2sc3c(c2c(=O)n1CC(=O)c1ccc(F)c(C)c1)CCC(C)C3. The minimum atomic E-state index is -0.342. The van der Waals surface area contributed by atoms with Crippen molar-refractivity contribution in [2.75, 3.05) is 0 Å². The quantitative estimate of drug-likeness (QED) is 0.609. The van der Waals surface area contributed by atoms with Crippen molar-refractivity contribution in [1.82, 2.24) is 9.55 Å². The number of aryl methyl sites for hydroxylation is 3. The Balaban J connectivity index is 1.79. The van der Waals surface area contributed by atoms with Gasteiger partial charge in [-0.15, -0.1) is 11.3 Å². The van der Waals surface area contributed by atoms with Gasteiger partial charge in [0.15, 0.2) is 5.78 Å². The summed E-state index contributed by atoms with van der Waals surface area (Å²) in [5.74, 6) is 0.692. The second-order valence-electron chi connectivity index (χ2n) is 7.69. The first-order valence-corrected chi connectivity index (χ1v) is 10.5. The van der Waals surface area contributed by atoms with Crippen LogP contribution in [0.3, 0.4) is 0 Å². The molecule has 0 saturated heterocycles. The third kappa shape index (κ3) is 3.20. The number of ketones is 1. The van der Waals surface area contributed by atoms with Gasteiger partial charge >= 0.3 is 0 Å². The monoisotopic (exact) mass is 398 g/mol. The molecule has 1 aliphatic carbocycles. The number of hydrogen-bond acceptors (Lipinski definition) is 4. The summed E-state index contributed by atoms with van der Waals surface area (Å²) in [5, 5.41) is 0.687. The van der Waals surface area contributed by atoms with E-state index in [1.807, 2.05) is 6.92 Å². The molecule has 0 bridgehead atoms. The molecule has 0 spiro atoms. The maximum absolute atomic E-state index is 13.5. The summed E-state index contributed by atoms with van der Waals surface area (Å²) in [4.78, 5) is 32.9. The lowest BCUT2D eigenvalue weighted by Crippen LogP contribution is -2.29. The molecule has 0 N–H and O–H groups in total. The van der Waals surface area contributed by atoms with Gasteiger partial charge in [-0.25, -0.2) is 9.37 Å². The molecular weight excluding hydrogens is 375 g/mol. The van der Waals surface area contributed by atoms with Crippen molar-refractivity contribution in [3.05, 3.63) is 61.8 Å². The number of Topliss-reactive ketones (excluding diaryl/α,β-unsaturated/α-hetero) is 1. The van der Waals surface area contributed by atoms with Crippen LogP contribution < -0.4 is 5.56 Å². The molecule has 0 fully saturated rings. The standard InChI is InChI=1S/C22H23FN2O2S/c1-4-19-24-21-20(15-7-5-12(2)9-18(15)28-21)22(27)25(19)11-17(26)14-6-8-16(23)13(3)10-14/h6,8,10,12H,4-5,7,9,11H2,1-3H3. The van der Waals surface area contributed by atoms with E-state index in [0.29, 0.717) is 34.7 Å². The zero-order valence-electron chi connectivity index (χ0n) is 16.3. The first-order chi connectivity index (χ1) is 13.4. The molecule has 146 valence electrons. The Morgan fingerprint density at radius 2 is 2.18 bits per heavy atom. The van der Waals surface area contributed by atoms with Gasteiger partial charge in [0.05, 0.1) is 11.9 Å². The summed E-state index contributed by atoms with van der Waals surface area (Å²) < 4.78 is 15.0. The summed E-state index contributed by atoms with van der Waals surface area (Å²) in [5.41, 5.74) is 1.83. The smallest absolute Gasteiger partial charge is 0.262 e. The van der Waals surface area contributed by atoms with Crippen LogP contribution in [0.4, 0.5) is 4.39 Å². The number of fused-ring (bicyclic) bond motifs is 3. The number of nitrogens with zero attached hydrogens (tertiary/aromatic N) is 2. The van der Waals surface area contributed by atoms with Crippen molar-refractivity contribution >= 4 is 27.3 Å². The van der Waals surface area contributed by atoms with Crippen LogP contribution in [0.25, 0.3) is 10.2 Å². The van der Waals surface area contributed by atoms with Crippen molar-refractivity contribution in [3.8, 4) is 0 Å². The second-order valence-corrected chi connectivity index (χ2v) is 8.78. The van der Waals surface area contributed by atoms with Crippen LogP contribution in [0.2, 0.25) is 0 Å². The second kappa shape index (κ2) is 7.24. The molecule has 0 aliphatic heterocycles. The van der Waals surface area contributed by atoms with Gasteiger partial charge in [0, 0.05) is 16.9 Å². The number of halogens is 1. The Bertz CT molecular complexity index is 1150. The summed E-state index contributed by atoms with van der Waals surface area (Å²) in [7, 11) is 0. The van der Waals surface area contributed by atoms with Gasteiger partial charge in [-0.2, -0.15) is 0 Å². The molecule has 3 aromatic rings. The van der Waals surface area contributed by atoms with Gasteiger partial charge in [0.25, 0.3) is 5.56 Å². The topological polar surface area (TPSA) is 52.0 Å². The normalized spacial score (nSPS) is 16.4. The van der Waals surface area contributed by atoms with Crippen molar-refractivity contribution in [3.63, 3.8) is 0 Å². The van der Waals surface area contributed by atoms with E-state index in [9.17, 15) is 14.0 Å². The van der Waals surface area contributed by atoms with E-state index in [1.54, 1.807) is 18.3 Å². The highest BCUT2D eigenvalue weighted by atomic mass is 32.1. The molecule has 4 rings (SSSR count). The number of carbonyl (C=O) groups excluding carboxylic acids is 1. The van der Waals surface area contributed by atoms with Gasteiger partial charge in [-0.1, -0.05) is 13.8 Å². The third-order valence-electron chi connectivity index (χ3n) is 5.59.